The Morgan fingerprint density at radius 3 is 2.47 bits per heavy atom. The maximum Gasteiger partial charge on any atom is 0.338 e. The van der Waals surface area contributed by atoms with Gasteiger partial charge in [-0.1, -0.05) is 22.0 Å². The Balaban J connectivity index is 2.96. The lowest BCUT2D eigenvalue weighted by Crippen LogP contribution is -2.30. The van der Waals surface area contributed by atoms with E-state index in [-0.39, 0.29) is 22.2 Å². The molecule has 104 valence electrons. The minimum absolute atomic E-state index is 0.0217. The first kappa shape index (κ1) is 15.6. The number of carbonyl (C=O) groups excluding carboxylic acids is 1. The molecular weight excluding hydrogens is 320 g/mol. The molecule has 0 heterocycles. The third kappa shape index (κ3) is 3.76. The van der Waals surface area contributed by atoms with Gasteiger partial charge in [-0.2, -0.15) is 0 Å². The van der Waals surface area contributed by atoms with Crippen molar-refractivity contribution in [1.29, 1.82) is 0 Å². The van der Waals surface area contributed by atoms with Crippen LogP contribution in [0.15, 0.2) is 22.7 Å². The van der Waals surface area contributed by atoms with Gasteiger partial charge in [0.05, 0.1) is 12.2 Å². The van der Waals surface area contributed by atoms with Crippen LogP contribution in [0.3, 0.4) is 0 Å². The molecule has 0 radical (unpaired) electrons. The predicted molar refractivity (Wildman–Crippen MR) is 68.7 cm³/mol. The molecule has 0 saturated heterocycles. The fourth-order valence-electron chi connectivity index (χ4n) is 1.43. The summed E-state index contributed by atoms with van der Waals surface area (Å²) >= 11 is 3.09. The highest BCUT2D eigenvalue weighted by Crippen LogP contribution is 2.27. The molecule has 1 rings (SSSR count). The van der Waals surface area contributed by atoms with E-state index >= 15 is 0 Å². The molecule has 19 heavy (non-hydrogen) atoms. The third-order valence-corrected chi connectivity index (χ3v) is 3.08. The fourth-order valence-corrected chi connectivity index (χ4v) is 2.04. The van der Waals surface area contributed by atoms with Crippen molar-refractivity contribution in [3.05, 3.63) is 33.8 Å². The van der Waals surface area contributed by atoms with E-state index in [9.17, 15) is 19.8 Å². The maximum atomic E-state index is 11.3. The average molecular weight is 333 g/mol. The summed E-state index contributed by atoms with van der Waals surface area (Å²) in [6, 6.07) is 3.86. The first-order valence-electron chi connectivity index (χ1n) is 5.44. The van der Waals surface area contributed by atoms with Crippen molar-refractivity contribution in [2.24, 2.45) is 0 Å². The van der Waals surface area contributed by atoms with Crippen molar-refractivity contribution in [1.82, 2.24) is 0 Å². The van der Waals surface area contributed by atoms with Gasteiger partial charge >= 0.3 is 11.9 Å². The van der Waals surface area contributed by atoms with Crippen LogP contribution in [0.4, 0.5) is 0 Å². The van der Waals surface area contributed by atoms with Crippen molar-refractivity contribution in [3.8, 4) is 0 Å². The van der Waals surface area contributed by atoms with E-state index in [1.807, 2.05) is 0 Å². The molecule has 1 aromatic carbocycles. The van der Waals surface area contributed by atoms with Gasteiger partial charge in [-0.25, -0.2) is 9.59 Å². The molecule has 2 unspecified atom stereocenters. The minimum Gasteiger partial charge on any atom is -0.478 e. The topological polar surface area (TPSA) is 104 Å². The highest BCUT2D eigenvalue weighted by Gasteiger charge is 2.28. The van der Waals surface area contributed by atoms with Crippen LogP contribution >= 0.6 is 15.9 Å². The van der Waals surface area contributed by atoms with Gasteiger partial charge in [0, 0.05) is 4.47 Å². The molecule has 0 aliphatic heterocycles. The molecule has 0 saturated carbocycles. The standard InChI is InChI=1S/C12H13BrO6/c1-2-19-12(18)10(15)9(14)7-4-3-6(11(16)17)5-8(7)13/h3-5,9-10,14-15H,2H2,1H3,(H,16,17). The predicted octanol–water partition coefficient (Wildman–Crippen LogP) is 1.10. The van der Waals surface area contributed by atoms with Gasteiger partial charge in [-0.3, -0.25) is 0 Å². The van der Waals surface area contributed by atoms with E-state index in [1.54, 1.807) is 6.92 Å². The average Bonchev–Trinajstić information content (AvgIpc) is 2.37. The quantitative estimate of drug-likeness (QED) is 0.697. The normalized spacial score (nSPS) is 13.7. The zero-order valence-electron chi connectivity index (χ0n) is 10.0. The van der Waals surface area contributed by atoms with Crippen molar-refractivity contribution in [2.45, 2.75) is 19.1 Å². The number of hydrogen-bond donors (Lipinski definition) is 3. The molecule has 7 heteroatoms. The molecule has 3 N–H and O–H groups in total. The molecule has 1 aromatic rings. The van der Waals surface area contributed by atoms with E-state index in [4.69, 9.17) is 5.11 Å². The first-order chi connectivity index (χ1) is 8.88. The first-order valence-corrected chi connectivity index (χ1v) is 6.23. The van der Waals surface area contributed by atoms with E-state index in [0.717, 1.165) is 0 Å². The van der Waals surface area contributed by atoms with Crippen molar-refractivity contribution in [3.63, 3.8) is 0 Å². The van der Waals surface area contributed by atoms with Gasteiger partial charge < -0.3 is 20.1 Å². The Hall–Kier alpha value is -1.44. The SMILES string of the molecule is CCOC(=O)C(O)C(O)c1ccc(C(=O)O)cc1Br. The zero-order chi connectivity index (χ0) is 14.6. The Morgan fingerprint density at radius 2 is 2.00 bits per heavy atom. The summed E-state index contributed by atoms with van der Waals surface area (Å²) in [5, 5.41) is 28.3. The van der Waals surface area contributed by atoms with Gasteiger partial charge in [-0.05, 0) is 24.6 Å². The van der Waals surface area contributed by atoms with E-state index < -0.39 is 24.1 Å². The van der Waals surface area contributed by atoms with Crippen LogP contribution in [0.5, 0.6) is 0 Å². The van der Waals surface area contributed by atoms with Crippen molar-refractivity contribution >= 4 is 27.9 Å². The van der Waals surface area contributed by atoms with Crippen molar-refractivity contribution < 1.29 is 29.6 Å². The van der Waals surface area contributed by atoms with E-state index in [1.165, 1.54) is 18.2 Å². The number of esters is 1. The number of aliphatic hydroxyl groups is 2. The van der Waals surface area contributed by atoms with Crippen LogP contribution in [0.2, 0.25) is 0 Å². The highest BCUT2D eigenvalue weighted by atomic mass is 79.9. The molecule has 0 aliphatic rings. The maximum absolute atomic E-state index is 11.3. The van der Waals surface area contributed by atoms with Crippen LogP contribution in [-0.4, -0.2) is 40.0 Å². The molecule has 0 aliphatic carbocycles. The molecule has 0 fully saturated rings. The van der Waals surface area contributed by atoms with E-state index in [2.05, 4.69) is 20.7 Å². The fraction of sp³-hybridized carbons (Fsp3) is 0.333. The van der Waals surface area contributed by atoms with Gasteiger partial charge in [0.1, 0.15) is 6.10 Å². The van der Waals surface area contributed by atoms with Crippen LogP contribution < -0.4 is 0 Å². The number of carbonyl (C=O) groups is 2. The minimum atomic E-state index is -1.73. The summed E-state index contributed by atoms with van der Waals surface area (Å²) in [6.45, 7) is 1.66. The second kappa shape index (κ2) is 6.65. The van der Waals surface area contributed by atoms with Crippen LogP contribution in [0.1, 0.15) is 28.9 Å². The summed E-state index contributed by atoms with van der Waals surface area (Å²) in [5.41, 5.74) is 0.221. The summed E-state index contributed by atoms with van der Waals surface area (Å²) in [5.74, 6) is -2.06. The van der Waals surface area contributed by atoms with Crippen LogP contribution in [0, 0.1) is 0 Å². The second-order valence-corrected chi connectivity index (χ2v) is 4.54. The zero-order valence-corrected chi connectivity index (χ0v) is 11.6. The monoisotopic (exact) mass is 332 g/mol. The number of rotatable bonds is 5. The lowest BCUT2D eigenvalue weighted by atomic mass is 10.0. The van der Waals surface area contributed by atoms with Crippen LogP contribution in [0.25, 0.3) is 0 Å². The highest BCUT2D eigenvalue weighted by molar-refractivity contribution is 9.10. The van der Waals surface area contributed by atoms with Crippen molar-refractivity contribution in [2.75, 3.05) is 6.61 Å². The Labute approximate surface area is 117 Å². The number of carboxylic acid groups (broad SMARTS) is 1. The molecule has 6 nitrogen and oxygen atoms in total. The Morgan fingerprint density at radius 1 is 1.37 bits per heavy atom. The summed E-state index contributed by atoms with van der Waals surface area (Å²) in [6.07, 6.45) is -3.23. The van der Waals surface area contributed by atoms with Gasteiger partial charge in [0.25, 0.3) is 0 Å². The molecule has 0 amide bonds. The number of aromatic carboxylic acids is 1. The number of carboxylic acids is 1. The number of benzene rings is 1. The largest absolute Gasteiger partial charge is 0.478 e. The number of aliphatic hydroxyl groups excluding tert-OH is 2. The summed E-state index contributed by atoms with van der Waals surface area (Å²) < 4.78 is 4.87. The molecule has 2 atom stereocenters. The van der Waals surface area contributed by atoms with Gasteiger partial charge in [-0.15, -0.1) is 0 Å². The number of ether oxygens (including phenoxy) is 1. The number of hydrogen-bond acceptors (Lipinski definition) is 5. The van der Waals surface area contributed by atoms with Crippen LogP contribution in [-0.2, 0) is 9.53 Å². The third-order valence-electron chi connectivity index (χ3n) is 2.39. The summed E-state index contributed by atoms with van der Waals surface area (Å²) in [4.78, 5) is 22.1. The van der Waals surface area contributed by atoms with Gasteiger partial charge in [0.15, 0.2) is 6.10 Å². The Bertz CT molecular complexity index is 487. The molecular formula is C12H13BrO6. The van der Waals surface area contributed by atoms with E-state index in [0.29, 0.717) is 0 Å². The Kier molecular flexibility index (Phi) is 5.46. The molecule has 0 bridgehead atoms. The lowest BCUT2D eigenvalue weighted by Gasteiger charge is -2.18. The lowest BCUT2D eigenvalue weighted by molar-refractivity contribution is -0.159. The van der Waals surface area contributed by atoms with Gasteiger partial charge in [0.2, 0.25) is 0 Å². The molecule has 0 aromatic heterocycles. The summed E-state index contributed by atoms with van der Waals surface area (Å²) in [7, 11) is 0. The smallest absolute Gasteiger partial charge is 0.338 e. The number of halogens is 1. The molecule has 0 spiro atoms. The second-order valence-electron chi connectivity index (χ2n) is 3.68.